The van der Waals surface area contributed by atoms with Crippen LogP contribution >= 0.6 is 0 Å². The van der Waals surface area contributed by atoms with Gasteiger partial charge in [0.25, 0.3) is 0 Å². The van der Waals surface area contributed by atoms with Crippen molar-refractivity contribution in [2.24, 2.45) is 0 Å². The van der Waals surface area contributed by atoms with Crippen molar-refractivity contribution in [1.29, 1.82) is 0 Å². The molecule has 82 valence electrons. The Hall–Kier alpha value is -0.130. The Morgan fingerprint density at radius 2 is 2.29 bits per heavy atom. The van der Waals surface area contributed by atoms with Crippen LogP contribution in [-0.4, -0.2) is 43.6 Å². The van der Waals surface area contributed by atoms with Crippen LogP contribution in [-0.2, 0) is 10.0 Å². The Bertz CT molecular complexity index is 302. The van der Waals surface area contributed by atoms with E-state index in [4.69, 9.17) is 0 Å². The summed E-state index contributed by atoms with van der Waals surface area (Å²) in [5.41, 5.74) is 0. The molecule has 0 aliphatic carbocycles. The number of sulfonamides is 1. The number of nitrogens with one attached hydrogen (secondary N) is 1. The molecular formula is C9H18N2O2S. The lowest BCUT2D eigenvalue weighted by molar-refractivity contribution is 0.220. The van der Waals surface area contributed by atoms with Crippen molar-refractivity contribution in [2.45, 2.75) is 38.3 Å². The van der Waals surface area contributed by atoms with Gasteiger partial charge in [0.2, 0.25) is 10.0 Å². The van der Waals surface area contributed by atoms with Crippen molar-refractivity contribution >= 4 is 10.0 Å². The zero-order valence-electron chi connectivity index (χ0n) is 8.57. The van der Waals surface area contributed by atoms with Crippen molar-refractivity contribution in [3.05, 3.63) is 0 Å². The van der Waals surface area contributed by atoms with Crippen LogP contribution in [0.3, 0.4) is 0 Å². The van der Waals surface area contributed by atoms with E-state index < -0.39 is 10.0 Å². The molecule has 4 nitrogen and oxygen atoms in total. The molecule has 0 amide bonds. The lowest BCUT2D eigenvalue weighted by atomic mass is 10.1. The van der Waals surface area contributed by atoms with Crippen LogP contribution in [0.1, 0.15) is 26.2 Å². The molecule has 0 aromatic rings. The Balaban J connectivity index is 2.25. The SMILES string of the molecule is CCC1CNC2CCCS(=O)(=O)N1C2. The monoisotopic (exact) mass is 218 g/mol. The second-order valence-electron chi connectivity index (χ2n) is 4.20. The summed E-state index contributed by atoms with van der Waals surface area (Å²) in [6, 6.07) is 0.560. The fourth-order valence-electron chi connectivity index (χ4n) is 2.35. The van der Waals surface area contributed by atoms with E-state index in [1.165, 1.54) is 0 Å². The summed E-state index contributed by atoms with van der Waals surface area (Å²) in [5, 5.41) is 3.42. The first-order chi connectivity index (χ1) is 6.63. The Labute approximate surface area is 85.7 Å². The maximum Gasteiger partial charge on any atom is 0.214 e. The minimum atomic E-state index is -2.96. The first-order valence-electron chi connectivity index (χ1n) is 5.36. The van der Waals surface area contributed by atoms with Crippen LogP contribution in [0.2, 0.25) is 0 Å². The molecule has 2 aliphatic heterocycles. The van der Waals surface area contributed by atoms with E-state index in [-0.39, 0.29) is 6.04 Å². The normalized spacial score (nSPS) is 41.6. The average Bonchev–Trinajstić information content (AvgIpc) is 2.27. The van der Waals surface area contributed by atoms with Crippen LogP contribution in [0, 0.1) is 0 Å². The molecule has 0 saturated carbocycles. The third-order valence-corrected chi connectivity index (χ3v) is 5.20. The summed E-state index contributed by atoms with van der Waals surface area (Å²) in [5.74, 6) is 0.335. The van der Waals surface area contributed by atoms with Gasteiger partial charge in [0.05, 0.1) is 5.75 Å². The lowest BCUT2D eigenvalue weighted by Crippen LogP contribution is -2.56. The van der Waals surface area contributed by atoms with E-state index in [1.807, 2.05) is 6.92 Å². The van der Waals surface area contributed by atoms with Crippen molar-refractivity contribution in [2.75, 3.05) is 18.8 Å². The highest BCUT2D eigenvalue weighted by atomic mass is 32.2. The maximum absolute atomic E-state index is 11.9. The van der Waals surface area contributed by atoms with Gasteiger partial charge < -0.3 is 5.32 Å². The van der Waals surface area contributed by atoms with Crippen LogP contribution in [0.25, 0.3) is 0 Å². The molecule has 0 radical (unpaired) electrons. The Kier molecular flexibility index (Phi) is 2.81. The van der Waals surface area contributed by atoms with E-state index in [0.717, 1.165) is 25.8 Å². The molecule has 2 aliphatic rings. The molecule has 0 spiro atoms. The quantitative estimate of drug-likeness (QED) is 0.682. The van der Waals surface area contributed by atoms with Crippen LogP contribution in [0.4, 0.5) is 0 Å². The summed E-state index contributed by atoms with van der Waals surface area (Å²) in [6.07, 6.45) is 2.69. The fraction of sp³-hybridized carbons (Fsp3) is 1.00. The molecule has 2 heterocycles. The van der Waals surface area contributed by atoms with Gasteiger partial charge in [-0.15, -0.1) is 0 Å². The van der Waals surface area contributed by atoms with Crippen molar-refractivity contribution < 1.29 is 8.42 Å². The predicted octanol–water partition coefficient (Wildman–Crippen LogP) is 0.162. The molecule has 0 aromatic carbocycles. The molecule has 2 saturated heterocycles. The number of rotatable bonds is 1. The maximum atomic E-state index is 11.9. The summed E-state index contributed by atoms with van der Waals surface area (Å²) < 4.78 is 25.5. The first-order valence-corrected chi connectivity index (χ1v) is 6.97. The summed E-state index contributed by atoms with van der Waals surface area (Å²) in [6.45, 7) is 3.55. The second-order valence-corrected chi connectivity index (χ2v) is 6.24. The van der Waals surface area contributed by atoms with Gasteiger partial charge in [-0.1, -0.05) is 6.92 Å². The molecule has 2 bridgehead atoms. The van der Waals surface area contributed by atoms with Crippen LogP contribution in [0.15, 0.2) is 0 Å². The highest BCUT2D eigenvalue weighted by Gasteiger charge is 2.36. The predicted molar refractivity (Wildman–Crippen MR) is 55.6 cm³/mol. The van der Waals surface area contributed by atoms with Crippen molar-refractivity contribution in [3.63, 3.8) is 0 Å². The minimum Gasteiger partial charge on any atom is -0.311 e. The minimum absolute atomic E-state index is 0.175. The summed E-state index contributed by atoms with van der Waals surface area (Å²) in [4.78, 5) is 0. The number of hydrogen-bond donors (Lipinski definition) is 1. The van der Waals surface area contributed by atoms with Gasteiger partial charge in [0, 0.05) is 25.2 Å². The Morgan fingerprint density at radius 3 is 3.00 bits per heavy atom. The molecule has 2 rings (SSSR count). The van der Waals surface area contributed by atoms with E-state index in [1.54, 1.807) is 4.31 Å². The van der Waals surface area contributed by atoms with E-state index in [9.17, 15) is 8.42 Å². The lowest BCUT2D eigenvalue weighted by Gasteiger charge is -2.36. The summed E-state index contributed by atoms with van der Waals surface area (Å²) >= 11 is 0. The summed E-state index contributed by atoms with van der Waals surface area (Å²) in [7, 11) is -2.96. The van der Waals surface area contributed by atoms with Gasteiger partial charge in [-0.25, -0.2) is 8.42 Å². The highest BCUT2D eigenvalue weighted by molar-refractivity contribution is 7.89. The highest BCUT2D eigenvalue weighted by Crippen LogP contribution is 2.22. The van der Waals surface area contributed by atoms with Crippen molar-refractivity contribution in [3.8, 4) is 0 Å². The molecule has 0 aromatic heterocycles. The molecule has 1 N–H and O–H groups in total. The van der Waals surface area contributed by atoms with Crippen molar-refractivity contribution in [1.82, 2.24) is 9.62 Å². The zero-order valence-corrected chi connectivity index (χ0v) is 9.39. The molecular weight excluding hydrogens is 200 g/mol. The molecule has 14 heavy (non-hydrogen) atoms. The first kappa shape index (κ1) is 10.4. The van der Waals surface area contributed by atoms with E-state index in [2.05, 4.69) is 5.32 Å². The van der Waals surface area contributed by atoms with E-state index >= 15 is 0 Å². The molecule has 3 atom stereocenters. The zero-order chi connectivity index (χ0) is 10.2. The number of nitrogens with zero attached hydrogens (tertiary/aromatic N) is 1. The molecule has 5 heteroatoms. The number of fused-ring (bicyclic) bond motifs is 2. The third kappa shape index (κ3) is 1.81. The fourth-order valence-corrected chi connectivity index (χ4v) is 4.20. The topological polar surface area (TPSA) is 49.4 Å². The Morgan fingerprint density at radius 1 is 1.50 bits per heavy atom. The smallest absolute Gasteiger partial charge is 0.214 e. The van der Waals surface area contributed by atoms with E-state index in [0.29, 0.717) is 18.3 Å². The van der Waals surface area contributed by atoms with Gasteiger partial charge in [-0.3, -0.25) is 0 Å². The standard InChI is InChI=1S/C9H18N2O2S/c1-2-9-6-10-8-4-3-5-14(12,13)11(9)7-8/h8-10H,2-7H2,1H3. The van der Waals surface area contributed by atoms with Gasteiger partial charge in [-0.05, 0) is 19.3 Å². The van der Waals surface area contributed by atoms with Gasteiger partial charge in [-0.2, -0.15) is 4.31 Å². The van der Waals surface area contributed by atoms with Crippen LogP contribution < -0.4 is 5.32 Å². The van der Waals surface area contributed by atoms with Gasteiger partial charge in [0.1, 0.15) is 0 Å². The molecule has 3 unspecified atom stereocenters. The van der Waals surface area contributed by atoms with Crippen LogP contribution in [0.5, 0.6) is 0 Å². The largest absolute Gasteiger partial charge is 0.311 e. The number of piperazine rings is 1. The molecule has 2 fully saturated rings. The second kappa shape index (κ2) is 3.79. The number of hydrogen-bond acceptors (Lipinski definition) is 3. The average molecular weight is 218 g/mol. The third-order valence-electron chi connectivity index (χ3n) is 3.23. The van der Waals surface area contributed by atoms with Gasteiger partial charge >= 0.3 is 0 Å². The van der Waals surface area contributed by atoms with Gasteiger partial charge in [0.15, 0.2) is 0 Å².